The van der Waals surface area contributed by atoms with E-state index in [0.29, 0.717) is 50.0 Å². The number of nitrogens with zero attached hydrogens (tertiary/aromatic N) is 3. The number of hydrogen-bond donors (Lipinski definition) is 0. The maximum Gasteiger partial charge on any atom is 0.409 e. The molecule has 1 aliphatic rings. The van der Waals surface area contributed by atoms with Gasteiger partial charge >= 0.3 is 6.09 Å². The molecule has 0 N–H and O–H groups in total. The zero-order valence-corrected chi connectivity index (χ0v) is 17.9. The van der Waals surface area contributed by atoms with E-state index in [-0.39, 0.29) is 12.0 Å². The molecular weight excluding hydrogens is 390 g/mol. The first kappa shape index (κ1) is 21.2. The first-order chi connectivity index (χ1) is 13.9. The van der Waals surface area contributed by atoms with Crippen molar-refractivity contribution in [1.82, 2.24) is 15.0 Å². The number of rotatable bonds is 6. The topological polar surface area (TPSA) is 75.9 Å². The molecule has 1 aromatic carbocycles. The summed E-state index contributed by atoms with van der Waals surface area (Å²) in [7, 11) is 0. The van der Waals surface area contributed by atoms with Crippen LogP contribution in [0.2, 0.25) is 0 Å². The van der Waals surface area contributed by atoms with Gasteiger partial charge in [0.05, 0.1) is 23.6 Å². The Morgan fingerprint density at radius 1 is 1.17 bits per heavy atom. The van der Waals surface area contributed by atoms with Crippen LogP contribution in [-0.4, -0.2) is 59.7 Å². The molecule has 0 spiro atoms. The van der Waals surface area contributed by atoms with Crippen molar-refractivity contribution >= 4 is 23.8 Å². The molecule has 1 aliphatic heterocycles. The predicted octanol–water partition coefficient (Wildman–Crippen LogP) is 3.83. The zero-order chi connectivity index (χ0) is 20.8. The van der Waals surface area contributed by atoms with Crippen LogP contribution in [0.3, 0.4) is 0 Å². The van der Waals surface area contributed by atoms with Crippen molar-refractivity contribution in [3.05, 3.63) is 47.3 Å². The van der Waals surface area contributed by atoms with Crippen LogP contribution < -0.4 is 0 Å². The van der Waals surface area contributed by atoms with E-state index in [2.05, 4.69) is 5.16 Å². The molecule has 1 saturated heterocycles. The summed E-state index contributed by atoms with van der Waals surface area (Å²) in [5, 5.41) is 3.90. The lowest BCUT2D eigenvalue weighted by Crippen LogP contribution is -2.50. The number of carbonyl (C=O) groups is 2. The molecule has 2 heterocycles. The van der Waals surface area contributed by atoms with E-state index < -0.39 is 0 Å². The second-order valence-electron chi connectivity index (χ2n) is 7.47. The summed E-state index contributed by atoms with van der Waals surface area (Å²) in [4.78, 5) is 29.5. The second-order valence-corrected chi connectivity index (χ2v) is 8.49. The molecule has 2 aromatic rings. The van der Waals surface area contributed by atoms with Crippen molar-refractivity contribution in [2.75, 3.05) is 32.8 Å². The van der Waals surface area contributed by atoms with E-state index in [4.69, 9.17) is 9.26 Å². The fourth-order valence-corrected chi connectivity index (χ4v) is 3.91. The molecule has 156 valence electrons. The molecular formula is C21H27N3O4S. The zero-order valence-electron chi connectivity index (χ0n) is 17.1. The van der Waals surface area contributed by atoms with Gasteiger partial charge < -0.3 is 19.1 Å². The number of ether oxygens (including phenoxy) is 1. The van der Waals surface area contributed by atoms with Crippen molar-refractivity contribution in [3.8, 4) is 0 Å². The lowest BCUT2D eigenvalue weighted by Gasteiger charge is -2.34. The summed E-state index contributed by atoms with van der Waals surface area (Å²) in [6, 6.07) is 9.48. The molecule has 3 rings (SSSR count). The fraction of sp³-hybridized carbons (Fsp3) is 0.476. The van der Waals surface area contributed by atoms with Crippen molar-refractivity contribution < 1.29 is 18.8 Å². The third kappa shape index (κ3) is 5.76. The summed E-state index contributed by atoms with van der Waals surface area (Å²) in [5.74, 6) is 1.68. The molecule has 1 aromatic heterocycles. The number of hydrogen-bond acceptors (Lipinski definition) is 6. The van der Waals surface area contributed by atoms with Gasteiger partial charge in [-0.3, -0.25) is 4.79 Å². The fourth-order valence-electron chi connectivity index (χ4n) is 2.99. The Kier molecular flexibility index (Phi) is 7.19. The lowest BCUT2D eigenvalue weighted by atomic mass is 10.2. The summed E-state index contributed by atoms with van der Waals surface area (Å²) in [6.07, 6.45) is -0.302. The minimum Gasteiger partial charge on any atom is -0.449 e. The van der Waals surface area contributed by atoms with Crippen LogP contribution in [0.4, 0.5) is 4.79 Å². The highest BCUT2D eigenvalue weighted by Crippen LogP contribution is 2.27. The normalized spacial score (nSPS) is 14.3. The third-order valence-electron chi connectivity index (χ3n) is 4.53. The molecule has 0 aliphatic carbocycles. The Balaban J connectivity index is 1.57. The molecule has 2 amide bonds. The minimum absolute atomic E-state index is 0.0166. The first-order valence-electron chi connectivity index (χ1n) is 9.79. The summed E-state index contributed by atoms with van der Waals surface area (Å²) in [6.45, 7) is 8.25. The highest BCUT2D eigenvalue weighted by Gasteiger charge is 2.27. The van der Waals surface area contributed by atoms with E-state index in [0.717, 1.165) is 16.3 Å². The van der Waals surface area contributed by atoms with Gasteiger partial charge in [-0.15, -0.1) is 11.8 Å². The summed E-state index contributed by atoms with van der Waals surface area (Å²) < 4.78 is 10.5. The Morgan fingerprint density at radius 2 is 1.86 bits per heavy atom. The van der Waals surface area contributed by atoms with E-state index in [9.17, 15) is 9.59 Å². The molecule has 1 fully saturated rings. The second kappa shape index (κ2) is 9.82. The van der Waals surface area contributed by atoms with Crippen molar-refractivity contribution in [3.63, 3.8) is 0 Å². The number of piperazine rings is 1. The first-order valence-corrected chi connectivity index (χ1v) is 10.8. The monoisotopic (exact) mass is 417 g/mol. The van der Waals surface area contributed by atoms with Crippen LogP contribution in [0.5, 0.6) is 0 Å². The summed E-state index contributed by atoms with van der Waals surface area (Å²) in [5.41, 5.74) is 1.51. The Labute approximate surface area is 175 Å². The summed E-state index contributed by atoms with van der Waals surface area (Å²) >= 11 is 1.55. The van der Waals surface area contributed by atoms with E-state index in [1.54, 1.807) is 21.6 Å². The van der Waals surface area contributed by atoms with Gasteiger partial charge in [0, 0.05) is 37.1 Å². The Morgan fingerprint density at radius 3 is 2.52 bits per heavy atom. The number of carbonyl (C=O) groups excluding carboxylic acids is 2. The maximum absolute atomic E-state index is 13.1. The highest BCUT2D eigenvalue weighted by atomic mass is 32.2. The average Bonchev–Trinajstić information content (AvgIpc) is 3.15. The molecule has 0 saturated carbocycles. The van der Waals surface area contributed by atoms with Crippen molar-refractivity contribution in [1.29, 1.82) is 0 Å². The van der Waals surface area contributed by atoms with Gasteiger partial charge in [-0.2, -0.15) is 0 Å². The largest absolute Gasteiger partial charge is 0.449 e. The highest BCUT2D eigenvalue weighted by molar-refractivity contribution is 7.98. The van der Waals surface area contributed by atoms with Crippen LogP contribution in [0.1, 0.15) is 35.7 Å². The van der Waals surface area contributed by atoms with E-state index in [1.807, 2.05) is 51.1 Å². The molecule has 8 heteroatoms. The van der Waals surface area contributed by atoms with Crippen molar-refractivity contribution in [2.45, 2.75) is 31.4 Å². The molecule has 0 radical (unpaired) electrons. The predicted molar refractivity (Wildman–Crippen MR) is 111 cm³/mol. The van der Waals surface area contributed by atoms with Gasteiger partial charge in [0.2, 0.25) is 0 Å². The van der Waals surface area contributed by atoms with Gasteiger partial charge in [0.25, 0.3) is 5.91 Å². The lowest BCUT2D eigenvalue weighted by molar-refractivity contribution is 0.0533. The number of thioether (sulfide) groups is 1. The number of aryl methyl sites for hydroxylation is 1. The number of amides is 2. The minimum atomic E-state index is -0.302. The molecule has 0 atom stereocenters. The van der Waals surface area contributed by atoms with Crippen LogP contribution in [0, 0.1) is 12.8 Å². The van der Waals surface area contributed by atoms with Crippen LogP contribution >= 0.6 is 11.8 Å². The van der Waals surface area contributed by atoms with Gasteiger partial charge in [0.15, 0.2) is 0 Å². The average molecular weight is 418 g/mol. The van der Waals surface area contributed by atoms with E-state index in [1.165, 1.54) is 0 Å². The van der Waals surface area contributed by atoms with Gasteiger partial charge in [-0.25, -0.2) is 4.79 Å². The number of benzene rings is 1. The SMILES string of the molecule is Cc1cc(CSc2ccccc2C(=O)N2CCN(C(=O)OCC(C)C)CC2)on1. The smallest absolute Gasteiger partial charge is 0.409 e. The molecule has 0 unspecified atom stereocenters. The van der Waals surface area contributed by atoms with Crippen LogP contribution in [-0.2, 0) is 10.5 Å². The molecule has 0 bridgehead atoms. The molecule has 29 heavy (non-hydrogen) atoms. The van der Waals surface area contributed by atoms with Gasteiger partial charge in [-0.05, 0) is 25.0 Å². The Hall–Kier alpha value is -2.48. The molecule has 7 nitrogen and oxygen atoms in total. The van der Waals surface area contributed by atoms with Gasteiger partial charge in [-0.1, -0.05) is 31.1 Å². The standard InChI is InChI=1S/C21H27N3O4S/c1-15(2)13-27-21(26)24-10-8-23(9-11-24)20(25)18-6-4-5-7-19(18)29-14-17-12-16(3)22-28-17/h4-7,12,15H,8-11,13-14H2,1-3H3. The quantitative estimate of drug-likeness (QED) is 0.665. The van der Waals surface area contributed by atoms with E-state index >= 15 is 0 Å². The number of aromatic nitrogens is 1. The maximum atomic E-state index is 13.1. The van der Waals surface area contributed by atoms with Crippen molar-refractivity contribution in [2.24, 2.45) is 5.92 Å². The van der Waals surface area contributed by atoms with Gasteiger partial charge in [0.1, 0.15) is 5.76 Å². The van der Waals surface area contributed by atoms with Crippen LogP contribution in [0.15, 0.2) is 39.8 Å². The Bertz CT molecular complexity index is 844. The van der Waals surface area contributed by atoms with Crippen LogP contribution in [0.25, 0.3) is 0 Å². The third-order valence-corrected chi connectivity index (χ3v) is 5.63.